The third-order valence-electron chi connectivity index (χ3n) is 6.43. The van der Waals surface area contributed by atoms with Crippen LogP contribution in [0.4, 0.5) is 5.69 Å². The number of nitrogens with zero attached hydrogens (tertiary/aromatic N) is 2. The number of likely N-dealkylation sites (tertiary alicyclic amines) is 1. The molecule has 1 heterocycles. The predicted molar refractivity (Wildman–Crippen MR) is 159 cm³/mol. The molecular formula is C31H25Cl2N3O5. The smallest absolute Gasteiger partial charge is 0.269 e. The Morgan fingerprint density at radius 3 is 2.15 bits per heavy atom. The van der Waals surface area contributed by atoms with Crippen molar-refractivity contribution in [1.82, 2.24) is 10.2 Å². The highest BCUT2D eigenvalue weighted by molar-refractivity contribution is 6.42. The van der Waals surface area contributed by atoms with Crippen molar-refractivity contribution in [2.75, 3.05) is 13.1 Å². The van der Waals surface area contributed by atoms with Crippen LogP contribution in [0.1, 0.15) is 16.7 Å². The van der Waals surface area contributed by atoms with Gasteiger partial charge in [-0.3, -0.25) is 24.5 Å². The molecule has 0 aromatic heterocycles. The SMILES string of the molecule is C=CC(=O)N[C@@H](Cc1ccccc1)C(=O)N1C/C(=C\c2ccc([N+](=O)[O-])cc2)C(=O)/C(=C/c2ccc(Cl)c(Cl)c2)C1. The number of nitro groups is 1. The van der Waals surface area contributed by atoms with Crippen LogP contribution in [-0.4, -0.2) is 46.6 Å². The molecule has 1 atom stereocenters. The minimum absolute atomic E-state index is 0.00916. The summed E-state index contributed by atoms with van der Waals surface area (Å²) in [6, 6.07) is 19.0. The molecule has 1 saturated heterocycles. The molecule has 0 spiro atoms. The Balaban J connectivity index is 1.72. The molecule has 2 amide bonds. The second-order valence-corrected chi connectivity index (χ2v) is 10.2. The van der Waals surface area contributed by atoms with Crippen LogP contribution in [-0.2, 0) is 20.8 Å². The number of nitrogens with one attached hydrogen (secondary N) is 1. The van der Waals surface area contributed by atoms with Crippen molar-refractivity contribution in [2.24, 2.45) is 0 Å². The molecule has 4 rings (SSSR count). The fourth-order valence-corrected chi connectivity index (χ4v) is 4.70. The van der Waals surface area contributed by atoms with Crippen LogP contribution < -0.4 is 5.32 Å². The molecule has 208 valence electrons. The average molecular weight is 590 g/mol. The monoisotopic (exact) mass is 589 g/mol. The lowest BCUT2D eigenvalue weighted by atomic mass is 9.93. The van der Waals surface area contributed by atoms with Gasteiger partial charge in [0, 0.05) is 42.8 Å². The zero-order valence-electron chi connectivity index (χ0n) is 21.8. The van der Waals surface area contributed by atoms with Crippen molar-refractivity contribution in [1.29, 1.82) is 0 Å². The maximum atomic E-state index is 13.9. The Kier molecular flexibility index (Phi) is 9.49. The number of halogens is 2. The number of hydrogen-bond donors (Lipinski definition) is 1. The summed E-state index contributed by atoms with van der Waals surface area (Å²) in [6.07, 6.45) is 4.57. The van der Waals surface area contributed by atoms with Gasteiger partial charge >= 0.3 is 0 Å². The summed E-state index contributed by atoms with van der Waals surface area (Å²) in [5, 5.41) is 14.4. The van der Waals surface area contributed by atoms with Crippen molar-refractivity contribution in [3.8, 4) is 0 Å². The molecule has 0 aliphatic carbocycles. The molecule has 1 aliphatic heterocycles. The van der Waals surface area contributed by atoms with Crippen LogP contribution in [0.2, 0.25) is 10.0 Å². The van der Waals surface area contributed by atoms with Gasteiger partial charge in [0.2, 0.25) is 11.8 Å². The predicted octanol–water partition coefficient (Wildman–Crippen LogP) is 5.69. The number of amides is 2. The molecular weight excluding hydrogens is 565 g/mol. The van der Waals surface area contributed by atoms with Crippen molar-refractivity contribution in [2.45, 2.75) is 12.5 Å². The van der Waals surface area contributed by atoms with Gasteiger partial charge in [-0.2, -0.15) is 0 Å². The number of rotatable bonds is 8. The number of non-ortho nitro benzene ring substituents is 1. The molecule has 0 saturated carbocycles. The van der Waals surface area contributed by atoms with E-state index < -0.39 is 16.9 Å². The first-order valence-electron chi connectivity index (χ1n) is 12.6. The van der Waals surface area contributed by atoms with E-state index in [0.717, 1.165) is 11.6 Å². The van der Waals surface area contributed by atoms with Crippen molar-refractivity contribution < 1.29 is 19.3 Å². The van der Waals surface area contributed by atoms with E-state index in [0.29, 0.717) is 32.3 Å². The first-order valence-corrected chi connectivity index (χ1v) is 13.3. The van der Waals surface area contributed by atoms with Gasteiger partial charge in [0.15, 0.2) is 5.78 Å². The number of carbonyl (C=O) groups is 3. The lowest BCUT2D eigenvalue weighted by Crippen LogP contribution is -2.52. The second-order valence-electron chi connectivity index (χ2n) is 9.34. The van der Waals surface area contributed by atoms with Gasteiger partial charge in [0.1, 0.15) is 6.04 Å². The highest BCUT2D eigenvalue weighted by Crippen LogP contribution is 2.27. The molecule has 0 radical (unpaired) electrons. The minimum atomic E-state index is -0.914. The lowest BCUT2D eigenvalue weighted by Gasteiger charge is -2.33. The van der Waals surface area contributed by atoms with Gasteiger partial charge in [-0.1, -0.05) is 66.2 Å². The molecule has 3 aromatic rings. The zero-order valence-corrected chi connectivity index (χ0v) is 23.3. The number of nitro benzene ring substituents is 1. The second kappa shape index (κ2) is 13.2. The molecule has 8 nitrogen and oxygen atoms in total. The molecule has 0 unspecified atom stereocenters. The lowest BCUT2D eigenvalue weighted by molar-refractivity contribution is -0.384. The number of Topliss-reactive ketones (excluding diaryl/α,β-unsaturated/α-hetero) is 1. The summed E-state index contributed by atoms with van der Waals surface area (Å²) >= 11 is 12.2. The van der Waals surface area contributed by atoms with E-state index in [4.69, 9.17) is 23.2 Å². The summed E-state index contributed by atoms with van der Waals surface area (Å²) in [6.45, 7) is 3.45. The summed E-state index contributed by atoms with van der Waals surface area (Å²) in [5.41, 5.74) is 2.57. The first kappa shape index (κ1) is 29.5. The third-order valence-corrected chi connectivity index (χ3v) is 7.17. The van der Waals surface area contributed by atoms with Crippen LogP contribution in [0, 0.1) is 10.1 Å². The Morgan fingerprint density at radius 2 is 1.56 bits per heavy atom. The summed E-state index contributed by atoms with van der Waals surface area (Å²) in [7, 11) is 0. The summed E-state index contributed by atoms with van der Waals surface area (Å²) in [5.74, 6) is -1.17. The van der Waals surface area contributed by atoms with Crippen LogP contribution in [0.3, 0.4) is 0 Å². The van der Waals surface area contributed by atoms with Crippen LogP contribution >= 0.6 is 23.2 Å². The third kappa shape index (κ3) is 7.57. The quantitative estimate of drug-likeness (QED) is 0.206. The number of piperidine rings is 1. The normalized spacial score (nSPS) is 16.0. The van der Waals surface area contributed by atoms with Crippen molar-refractivity contribution in [3.05, 3.63) is 133 Å². The fourth-order valence-electron chi connectivity index (χ4n) is 4.39. The molecule has 1 aliphatic rings. The Morgan fingerprint density at radius 1 is 0.951 bits per heavy atom. The molecule has 3 aromatic carbocycles. The Bertz CT molecular complexity index is 1570. The average Bonchev–Trinajstić information content (AvgIpc) is 2.97. The Hall–Kier alpha value is -4.53. The fraction of sp³-hybridized carbons (Fsp3) is 0.129. The zero-order chi connectivity index (χ0) is 29.5. The van der Waals surface area contributed by atoms with Gasteiger partial charge in [-0.05, 0) is 59.2 Å². The highest BCUT2D eigenvalue weighted by atomic mass is 35.5. The molecule has 0 bridgehead atoms. The molecule has 10 heteroatoms. The van der Waals surface area contributed by atoms with Gasteiger partial charge in [0.25, 0.3) is 5.69 Å². The van der Waals surface area contributed by atoms with E-state index in [1.807, 2.05) is 30.3 Å². The van der Waals surface area contributed by atoms with E-state index in [-0.39, 0.29) is 36.9 Å². The van der Waals surface area contributed by atoms with Gasteiger partial charge < -0.3 is 10.2 Å². The number of ketones is 1. The van der Waals surface area contributed by atoms with E-state index in [2.05, 4.69) is 11.9 Å². The Labute approximate surface area is 246 Å². The van der Waals surface area contributed by atoms with Crippen molar-refractivity contribution in [3.63, 3.8) is 0 Å². The minimum Gasteiger partial charge on any atom is -0.340 e. The van der Waals surface area contributed by atoms with Crippen LogP contribution in [0.5, 0.6) is 0 Å². The van der Waals surface area contributed by atoms with Gasteiger partial charge in [-0.25, -0.2) is 0 Å². The highest BCUT2D eigenvalue weighted by Gasteiger charge is 2.33. The molecule has 1 N–H and O–H groups in total. The van der Waals surface area contributed by atoms with E-state index in [1.54, 1.807) is 30.4 Å². The summed E-state index contributed by atoms with van der Waals surface area (Å²) in [4.78, 5) is 51.8. The van der Waals surface area contributed by atoms with E-state index >= 15 is 0 Å². The van der Waals surface area contributed by atoms with Gasteiger partial charge in [0.05, 0.1) is 15.0 Å². The van der Waals surface area contributed by atoms with E-state index in [1.165, 1.54) is 29.2 Å². The van der Waals surface area contributed by atoms with Crippen molar-refractivity contribution >= 4 is 58.6 Å². The summed E-state index contributed by atoms with van der Waals surface area (Å²) < 4.78 is 0. The number of hydrogen-bond acceptors (Lipinski definition) is 5. The molecule has 1 fully saturated rings. The maximum absolute atomic E-state index is 13.9. The first-order chi connectivity index (χ1) is 19.6. The topological polar surface area (TPSA) is 110 Å². The number of benzene rings is 3. The molecule has 41 heavy (non-hydrogen) atoms. The maximum Gasteiger partial charge on any atom is 0.269 e. The standard InChI is InChI=1S/C31H25Cl2N3O5/c1-2-29(37)34-28(17-20-6-4-3-5-7-20)31(39)35-18-23(14-21-8-11-25(12-9-21)36(40)41)30(38)24(19-35)15-22-10-13-26(32)27(33)16-22/h2-16,28H,1,17-19H2,(H,34,37)/b23-14+,24-15+/t28-/m0/s1. The number of carbonyl (C=O) groups excluding carboxylic acids is 3. The van der Waals surface area contributed by atoms with Crippen LogP contribution in [0.25, 0.3) is 12.2 Å². The van der Waals surface area contributed by atoms with E-state index in [9.17, 15) is 24.5 Å². The van der Waals surface area contributed by atoms with Gasteiger partial charge in [-0.15, -0.1) is 0 Å². The largest absolute Gasteiger partial charge is 0.340 e. The van der Waals surface area contributed by atoms with Crippen LogP contribution in [0.15, 0.2) is 96.6 Å².